The molecule has 2 heterocycles. The molecule has 2 rings (SSSR count). The minimum Gasteiger partial charge on any atom is -0.314 e. The summed E-state index contributed by atoms with van der Waals surface area (Å²) in [4.78, 5) is 2.72. The predicted octanol–water partition coefficient (Wildman–Crippen LogP) is 2.14. The smallest absolute Gasteiger partial charge is 0.0329 e. The maximum absolute atomic E-state index is 11.4. The van der Waals surface area contributed by atoms with Crippen LogP contribution in [0.3, 0.4) is 0 Å². The summed E-state index contributed by atoms with van der Waals surface area (Å²) >= 11 is 0. The Morgan fingerprint density at radius 1 is 1.32 bits per heavy atom. The molecule has 0 aromatic rings. The molecule has 4 unspecified atom stereocenters. The summed E-state index contributed by atoms with van der Waals surface area (Å²) in [6.45, 7) is 6.67. The summed E-state index contributed by atoms with van der Waals surface area (Å²) in [6, 6.07) is 2.31. The quantitative estimate of drug-likeness (QED) is 0.778. The van der Waals surface area contributed by atoms with Crippen LogP contribution in [0.15, 0.2) is 0 Å². The van der Waals surface area contributed by atoms with Crippen LogP contribution >= 0.6 is 0 Å². The van der Waals surface area contributed by atoms with Crippen LogP contribution < -0.4 is 5.32 Å². The second kappa shape index (κ2) is 7.19. The number of hydrogen-bond acceptors (Lipinski definition) is 3. The first-order valence-electron chi connectivity index (χ1n) is 7.93. The van der Waals surface area contributed by atoms with Crippen molar-refractivity contribution in [1.29, 1.82) is 0 Å². The molecule has 112 valence electrons. The molecule has 0 aromatic heterocycles. The van der Waals surface area contributed by atoms with Gasteiger partial charge in [-0.2, -0.15) is 0 Å². The molecule has 0 saturated carbocycles. The van der Waals surface area contributed by atoms with Crippen LogP contribution in [0.5, 0.6) is 0 Å². The van der Waals surface area contributed by atoms with E-state index in [-0.39, 0.29) is 0 Å². The lowest BCUT2D eigenvalue weighted by molar-refractivity contribution is 0.116. The number of nitrogens with one attached hydrogen (secondary N) is 1. The maximum Gasteiger partial charge on any atom is 0.0329 e. The fourth-order valence-electron chi connectivity index (χ4n) is 3.65. The van der Waals surface area contributed by atoms with Crippen molar-refractivity contribution >= 4 is 10.8 Å². The zero-order chi connectivity index (χ0) is 13.8. The van der Waals surface area contributed by atoms with Gasteiger partial charge in [0, 0.05) is 40.4 Å². The van der Waals surface area contributed by atoms with E-state index < -0.39 is 10.8 Å². The van der Waals surface area contributed by atoms with Gasteiger partial charge in [-0.25, -0.2) is 0 Å². The van der Waals surface area contributed by atoms with E-state index in [0.29, 0.717) is 5.25 Å². The van der Waals surface area contributed by atoms with Gasteiger partial charge in [-0.1, -0.05) is 13.8 Å². The van der Waals surface area contributed by atoms with E-state index in [4.69, 9.17) is 0 Å². The van der Waals surface area contributed by atoms with Crippen molar-refractivity contribution in [2.45, 2.75) is 75.7 Å². The Kier molecular flexibility index (Phi) is 5.85. The molecule has 2 saturated heterocycles. The van der Waals surface area contributed by atoms with Gasteiger partial charge in [-0.05, 0) is 51.6 Å². The van der Waals surface area contributed by atoms with Crippen LogP contribution in [-0.4, -0.2) is 51.8 Å². The predicted molar refractivity (Wildman–Crippen MR) is 83.0 cm³/mol. The maximum atomic E-state index is 11.4. The van der Waals surface area contributed by atoms with Gasteiger partial charge in [0.2, 0.25) is 0 Å². The number of rotatable bonds is 7. The van der Waals surface area contributed by atoms with Crippen LogP contribution in [0.2, 0.25) is 0 Å². The Hall–Kier alpha value is 0.0700. The molecule has 0 radical (unpaired) electrons. The molecule has 0 spiro atoms. The topological polar surface area (TPSA) is 32.3 Å². The summed E-state index contributed by atoms with van der Waals surface area (Å²) in [5.41, 5.74) is 0. The zero-order valence-corrected chi connectivity index (χ0v) is 13.5. The fourth-order valence-corrected chi connectivity index (χ4v) is 4.09. The molecule has 0 aromatic carbocycles. The highest BCUT2D eigenvalue weighted by atomic mass is 32.2. The molecule has 2 aliphatic heterocycles. The van der Waals surface area contributed by atoms with Crippen molar-refractivity contribution in [3.8, 4) is 0 Å². The van der Waals surface area contributed by atoms with Crippen LogP contribution in [-0.2, 0) is 10.8 Å². The third-order valence-electron chi connectivity index (χ3n) is 4.93. The largest absolute Gasteiger partial charge is 0.314 e. The van der Waals surface area contributed by atoms with Gasteiger partial charge >= 0.3 is 0 Å². The minimum atomic E-state index is -0.667. The van der Waals surface area contributed by atoms with Gasteiger partial charge in [-0.3, -0.25) is 9.11 Å². The van der Waals surface area contributed by atoms with Gasteiger partial charge in [0.15, 0.2) is 0 Å². The van der Waals surface area contributed by atoms with Crippen molar-refractivity contribution in [2.24, 2.45) is 0 Å². The van der Waals surface area contributed by atoms with Gasteiger partial charge < -0.3 is 5.32 Å². The van der Waals surface area contributed by atoms with Crippen LogP contribution in [0.25, 0.3) is 0 Å². The highest BCUT2D eigenvalue weighted by molar-refractivity contribution is 7.84. The highest BCUT2D eigenvalue weighted by Gasteiger charge is 2.40. The SMILES string of the molecule is CCCNC1CC2CCC(C1)N2CCC(C)S(C)=O. The Morgan fingerprint density at radius 2 is 1.95 bits per heavy atom. The average molecular weight is 286 g/mol. The Labute approximate surface area is 121 Å². The van der Waals surface area contributed by atoms with Crippen molar-refractivity contribution in [3.63, 3.8) is 0 Å². The number of hydrogen-bond donors (Lipinski definition) is 1. The van der Waals surface area contributed by atoms with Gasteiger partial charge in [0.25, 0.3) is 0 Å². The van der Waals surface area contributed by atoms with E-state index in [1.165, 1.54) is 32.1 Å². The van der Waals surface area contributed by atoms with Crippen LogP contribution in [0.1, 0.15) is 52.4 Å². The zero-order valence-electron chi connectivity index (χ0n) is 12.7. The summed E-state index contributed by atoms with van der Waals surface area (Å²) in [5.74, 6) is 0. The molecule has 4 atom stereocenters. The van der Waals surface area contributed by atoms with E-state index >= 15 is 0 Å². The number of piperidine rings is 1. The third-order valence-corrected chi connectivity index (χ3v) is 6.30. The summed E-state index contributed by atoms with van der Waals surface area (Å²) < 4.78 is 11.4. The third kappa shape index (κ3) is 4.02. The first kappa shape index (κ1) is 15.5. The molecule has 0 amide bonds. The summed E-state index contributed by atoms with van der Waals surface area (Å²) in [5, 5.41) is 4.04. The standard InChI is InChI=1S/C15H30N2OS/c1-4-8-16-13-10-14-5-6-15(11-13)17(14)9-7-12(2)19(3)18/h12-16H,4-11H2,1-3H3. The molecule has 19 heavy (non-hydrogen) atoms. The first-order valence-corrected chi connectivity index (χ1v) is 9.55. The lowest BCUT2D eigenvalue weighted by Gasteiger charge is -2.39. The van der Waals surface area contributed by atoms with Crippen molar-refractivity contribution in [1.82, 2.24) is 10.2 Å². The molecule has 2 aliphatic rings. The lowest BCUT2D eigenvalue weighted by Crippen LogP contribution is -2.49. The van der Waals surface area contributed by atoms with Gasteiger partial charge in [-0.15, -0.1) is 0 Å². The molecule has 2 fully saturated rings. The summed E-state index contributed by atoms with van der Waals surface area (Å²) in [6.07, 6.45) is 9.54. The Balaban J connectivity index is 1.80. The average Bonchev–Trinajstić information content (AvgIpc) is 2.63. The Morgan fingerprint density at radius 3 is 2.47 bits per heavy atom. The van der Waals surface area contributed by atoms with Gasteiger partial charge in [0.1, 0.15) is 0 Å². The van der Waals surface area contributed by atoms with E-state index in [2.05, 4.69) is 24.1 Å². The number of fused-ring (bicyclic) bond motifs is 2. The van der Waals surface area contributed by atoms with Crippen molar-refractivity contribution in [3.05, 3.63) is 0 Å². The molecule has 3 nitrogen and oxygen atoms in total. The molecule has 2 bridgehead atoms. The van der Waals surface area contributed by atoms with Gasteiger partial charge in [0.05, 0.1) is 0 Å². The van der Waals surface area contributed by atoms with Crippen LogP contribution in [0.4, 0.5) is 0 Å². The monoisotopic (exact) mass is 286 g/mol. The van der Waals surface area contributed by atoms with Crippen molar-refractivity contribution < 1.29 is 4.21 Å². The van der Waals surface area contributed by atoms with Crippen LogP contribution in [0, 0.1) is 0 Å². The minimum absolute atomic E-state index is 0.343. The second-order valence-electron chi connectivity index (χ2n) is 6.34. The molecule has 4 heteroatoms. The van der Waals surface area contributed by atoms with E-state index in [0.717, 1.165) is 37.6 Å². The van der Waals surface area contributed by atoms with E-state index in [9.17, 15) is 4.21 Å². The first-order chi connectivity index (χ1) is 9.11. The second-order valence-corrected chi connectivity index (χ2v) is 8.15. The van der Waals surface area contributed by atoms with E-state index in [1.807, 2.05) is 6.26 Å². The lowest BCUT2D eigenvalue weighted by atomic mass is 9.97. The summed E-state index contributed by atoms with van der Waals surface area (Å²) in [7, 11) is -0.667. The van der Waals surface area contributed by atoms with E-state index in [1.54, 1.807) is 0 Å². The fraction of sp³-hybridized carbons (Fsp3) is 1.00. The normalized spacial score (nSPS) is 34.4. The molecule has 0 aliphatic carbocycles. The highest BCUT2D eigenvalue weighted by Crippen LogP contribution is 2.35. The molecular formula is C15H30N2OS. The Bertz CT molecular complexity index is 297. The number of nitrogens with zero attached hydrogens (tertiary/aromatic N) is 1. The van der Waals surface area contributed by atoms with Crippen molar-refractivity contribution in [2.75, 3.05) is 19.3 Å². The molecule has 1 N–H and O–H groups in total. The molecular weight excluding hydrogens is 256 g/mol.